The molecule has 0 amide bonds. The Kier molecular flexibility index (Phi) is 9.77. The Bertz CT molecular complexity index is 826. The van der Waals surface area contributed by atoms with E-state index in [0.29, 0.717) is 12.8 Å². The van der Waals surface area contributed by atoms with Crippen molar-refractivity contribution in [2.24, 2.45) is 0 Å². The van der Waals surface area contributed by atoms with Crippen LogP contribution in [0.4, 0.5) is 0 Å². The van der Waals surface area contributed by atoms with E-state index in [1.54, 1.807) is 0 Å². The highest BCUT2D eigenvalue weighted by molar-refractivity contribution is 5.70. The fraction of sp³-hybridized carbons (Fsp3) is 0.481. The number of carbonyl (C=O) groups excluding carboxylic acids is 2. The van der Waals surface area contributed by atoms with Gasteiger partial charge in [0.05, 0.1) is 6.42 Å². The highest BCUT2D eigenvalue weighted by Gasteiger charge is 2.37. The molecule has 0 N–H and O–H groups in total. The fourth-order valence-corrected chi connectivity index (χ4v) is 4.19. The van der Waals surface area contributed by atoms with Crippen molar-refractivity contribution in [3.05, 3.63) is 59.7 Å². The SMILES string of the molecule is CCCCCCc1c(CC(CCC)(OC(C)=O)OC(C)=O)cccc1-c1ccccc1. The summed E-state index contributed by atoms with van der Waals surface area (Å²) in [7, 11) is 0. The Morgan fingerprint density at radius 1 is 0.806 bits per heavy atom. The molecule has 168 valence electrons. The number of hydrogen-bond acceptors (Lipinski definition) is 4. The Balaban J connectivity index is 2.50. The van der Waals surface area contributed by atoms with Gasteiger partial charge in [-0.1, -0.05) is 81.6 Å². The third-order valence-corrected chi connectivity index (χ3v) is 5.39. The molecular formula is C27H36O4. The third-order valence-electron chi connectivity index (χ3n) is 5.39. The van der Waals surface area contributed by atoms with Gasteiger partial charge in [-0.2, -0.15) is 0 Å². The molecule has 0 aliphatic carbocycles. The van der Waals surface area contributed by atoms with Crippen molar-refractivity contribution >= 4 is 11.9 Å². The van der Waals surface area contributed by atoms with Gasteiger partial charge in [0.15, 0.2) is 0 Å². The average Bonchev–Trinajstić information content (AvgIpc) is 2.71. The first-order valence-electron chi connectivity index (χ1n) is 11.5. The fourth-order valence-electron chi connectivity index (χ4n) is 4.19. The van der Waals surface area contributed by atoms with E-state index in [1.807, 2.05) is 31.2 Å². The molecule has 2 aromatic carbocycles. The second-order valence-corrected chi connectivity index (χ2v) is 8.14. The Hall–Kier alpha value is -2.62. The molecule has 0 saturated carbocycles. The van der Waals surface area contributed by atoms with Crippen molar-refractivity contribution in [2.45, 2.75) is 84.8 Å². The summed E-state index contributed by atoms with van der Waals surface area (Å²) >= 11 is 0. The molecule has 4 heteroatoms. The molecule has 2 rings (SSSR count). The van der Waals surface area contributed by atoms with E-state index in [4.69, 9.17) is 9.47 Å². The van der Waals surface area contributed by atoms with E-state index in [0.717, 1.165) is 30.4 Å². The molecular weight excluding hydrogens is 388 g/mol. The highest BCUT2D eigenvalue weighted by atomic mass is 16.7. The summed E-state index contributed by atoms with van der Waals surface area (Å²) in [5.41, 5.74) is 4.65. The topological polar surface area (TPSA) is 52.6 Å². The van der Waals surface area contributed by atoms with E-state index in [1.165, 1.54) is 44.2 Å². The first kappa shape index (κ1) is 24.6. The highest BCUT2D eigenvalue weighted by Crippen LogP contribution is 2.33. The van der Waals surface area contributed by atoms with Gasteiger partial charge in [-0.15, -0.1) is 0 Å². The van der Waals surface area contributed by atoms with Crippen molar-refractivity contribution in [2.75, 3.05) is 0 Å². The molecule has 0 bridgehead atoms. The summed E-state index contributed by atoms with van der Waals surface area (Å²) in [5, 5.41) is 0. The number of carbonyl (C=O) groups is 2. The van der Waals surface area contributed by atoms with Crippen LogP contribution in [0.2, 0.25) is 0 Å². The zero-order valence-corrected chi connectivity index (χ0v) is 19.4. The lowest BCUT2D eigenvalue weighted by atomic mass is 9.88. The normalized spacial score (nSPS) is 11.2. The zero-order valence-electron chi connectivity index (χ0n) is 19.4. The monoisotopic (exact) mass is 424 g/mol. The van der Waals surface area contributed by atoms with Gasteiger partial charge >= 0.3 is 11.9 Å². The summed E-state index contributed by atoms with van der Waals surface area (Å²) < 4.78 is 11.3. The molecule has 4 nitrogen and oxygen atoms in total. The lowest BCUT2D eigenvalue weighted by molar-refractivity contribution is -0.228. The molecule has 0 fully saturated rings. The van der Waals surface area contributed by atoms with Gasteiger partial charge in [0.25, 0.3) is 5.79 Å². The van der Waals surface area contributed by atoms with Gasteiger partial charge in [-0.05, 0) is 41.5 Å². The molecule has 0 heterocycles. The van der Waals surface area contributed by atoms with Crippen LogP contribution in [-0.2, 0) is 31.9 Å². The first-order chi connectivity index (χ1) is 14.9. The van der Waals surface area contributed by atoms with Crippen LogP contribution in [0, 0.1) is 0 Å². The van der Waals surface area contributed by atoms with Crippen LogP contribution < -0.4 is 0 Å². The largest absolute Gasteiger partial charge is 0.422 e. The minimum Gasteiger partial charge on any atom is -0.422 e. The summed E-state index contributed by atoms with van der Waals surface area (Å²) in [6.07, 6.45) is 7.13. The smallest absolute Gasteiger partial charge is 0.305 e. The van der Waals surface area contributed by atoms with Crippen LogP contribution in [0.15, 0.2) is 48.5 Å². The van der Waals surface area contributed by atoms with Gasteiger partial charge in [0, 0.05) is 20.3 Å². The standard InChI is InChI=1S/C27H36O4/c1-5-7-8-12-17-26-24(16-13-18-25(26)23-14-10-9-11-15-23)20-27(19-6-2,30-21(3)28)31-22(4)29/h9-11,13-16,18H,5-8,12,17,19-20H2,1-4H3. The first-order valence-corrected chi connectivity index (χ1v) is 11.5. The van der Waals surface area contributed by atoms with Gasteiger partial charge in [-0.25, -0.2) is 0 Å². The minimum atomic E-state index is -1.28. The molecule has 0 aromatic heterocycles. The van der Waals surface area contributed by atoms with Gasteiger partial charge in [0.2, 0.25) is 0 Å². The van der Waals surface area contributed by atoms with Crippen molar-refractivity contribution in [1.82, 2.24) is 0 Å². The molecule has 0 atom stereocenters. The Labute approximate surface area is 187 Å². The Morgan fingerprint density at radius 3 is 2.06 bits per heavy atom. The maximum Gasteiger partial charge on any atom is 0.305 e. The van der Waals surface area contributed by atoms with E-state index in [-0.39, 0.29) is 0 Å². The second-order valence-electron chi connectivity index (χ2n) is 8.14. The minimum absolute atomic E-state index is 0.351. The van der Waals surface area contributed by atoms with E-state index in [2.05, 4.69) is 31.2 Å². The summed E-state index contributed by atoms with van der Waals surface area (Å²) in [4.78, 5) is 23.8. The van der Waals surface area contributed by atoms with Crippen molar-refractivity contribution in [3.8, 4) is 11.1 Å². The zero-order chi connectivity index (χ0) is 22.7. The molecule has 2 aromatic rings. The predicted molar refractivity (Wildman–Crippen MR) is 125 cm³/mol. The number of benzene rings is 2. The number of rotatable bonds is 12. The quantitative estimate of drug-likeness (QED) is 0.218. The predicted octanol–water partition coefficient (Wildman–Crippen LogP) is 6.64. The van der Waals surface area contributed by atoms with Crippen molar-refractivity contribution in [1.29, 1.82) is 0 Å². The Morgan fingerprint density at radius 2 is 1.48 bits per heavy atom. The van der Waals surface area contributed by atoms with Crippen LogP contribution >= 0.6 is 0 Å². The van der Waals surface area contributed by atoms with Gasteiger partial charge in [-0.3, -0.25) is 9.59 Å². The molecule has 31 heavy (non-hydrogen) atoms. The summed E-state index contributed by atoms with van der Waals surface area (Å²) in [6.45, 7) is 6.92. The van der Waals surface area contributed by atoms with Crippen molar-refractivity contribution in [3.63, 3.8) is 0 Å². The number of unbranched alkanes of at least 4 members (excludes halogenated alkanes) is 3. The van der Waals surface area contributed by atoms with Crippen LogP contribution in [0.3, 0.4) is 0 Å². The van der Waals surface area contributed by atoms with Crippen molar-refractivity contribution < 1.29 is 19.1 Å². The number of hydrogen-bond donors (Lipinski definition) is 0. The molecule has 0 unspecified atom stereocenters. The average molecular weight is 425 g/mol. The molecule has 0 aliphatic rings. The maximum atomic E-state index is 11.9. The molecule has 0 spiro atoms. The third kappa shape index (κ3) is 7.54. The van der Waals surface area contributed by atoms with E-state index < -0.39 is 17.7 Å². The van der Waals surface area contributed by atoms with Crippen LogP contribution in [-0.4, -0.2) is 17.7 Å². The summed E-state index contributed by atoms with van der Waals surface area (Å²) in [6, 6.07) is 16.6. The van der Waals surface area contributed by atoms with Crippen LogP contribution in [0.1, 0.15) is 77.3 Å². The molecule has 0 aliphatic heterocycles. The van der Waals surface area contributed by atoms with Gasteiger partial charge in [0.1, 0.15) is 0 Å². The van der Waals surface area contributed by atoms with E-state index in [9.17, 15) is 9.59 Å². The van der Waals surface area contributed by atoms with Gasteiger partial charge < -0.3 is 9.47 Å². The molecule has 0 saturated heterocycles. The summed E-state index contributed by atoms with van der Waals surface area (Å²) in [5.74, 6) is -2.17. The lowest BCUT2D eigenvalue weighted by Crippen LogP contribution is -2.41. The second kappa shape index (κ2) is 12.3. The number of esters is 2. The maximum absolute atomic E-state index is 11.9. The van der Waals surface area contributed by atoms with Crippen LogP contribution in [0.5, 0.6) is 0 Å². The molecule has 0 radical (unpaired) electrons. The number of ether oxygens (including phenoxy) is 2. The lowest BCUT2D eigenvalue weighted by Gasteiger charge is -2.33. The van der Waals surface area contributed by atoms with E-state index >= 15 is 0 Å². The van der Waals surface area contributed by atoms with Crippen LogP contribution in [0.25, 0.3) is 11.1 Å².